The molecule has 3 heterocycles. The van der Waals surface area contributed by atoms with Gasteiger partial charge in [0.25, 0.3) is 5.91 Å². The quantitative estimate of drug-likeness (QED) is 0.412. The molecule has 2 amide bonds. The number of carbonyl (C=O) groups excluding carboxylic acids is 3. The molecule has 0 saturated carbocycles. The van der Waals surface area contributed by atoms with Gasteiger partial charge < -0.3 is 24.4 Å². The lowest BCUT2D eigenvalue weighted by Gasteiger charge is -2.41. The zero-order valence-electron chi connectivity index (χ0n) is 25.0. The number of rotatable bonds is 8. The van der Waals surface area contributed by atoms with Gasteiger partial charge in [0.2, 0.25) is 5.91 Å². The molecule has 3 aliphatic heterocycles. The number of hydrogen-bond acceptors (Lipinski definition) is 5. The van der Waals surface area contributed by atoms with Crippen molar-refractivity contribution in [3.05, 3.63) is 29.3 Å². The van der Waals surface area contributed by atoms with Crippen LogP contribution >= 0.6 is 0 Å². The highest BCUT2D eigenvalue weighted by Gasteiger charge is 2.36. The second-order valence-electron chi connectivity index (χ2n) is 10.8. The molecule has 214 valence electrons. The molecule has 2 saturated heterocycles. The Hall–Kier alpha value is -2.45. The number of likely N-dealkylation sites (tertiary alicyclic amines) is 1. The summed E-state index contributed by atoms with van der Waals surface area (Å²) in [6, 6.07) is 5.44. The first-order valence-corrected chi connectivity index (χ1v) is 14.7. The number of nitrogens with zero attached hydrogens (tertiary/aromatic N) is 4. The van der Waals surface area contributed by atoms with E-state index < -0.39 is 6.04 Å². The van der Waals surface area contributed by atoms with E-state index in [9.17, 15) is 14.4 Å². The number of carbonyl (C=O) groups is 3. The third kappa shape index (κ3) is 8.03. The minimum atomic E-state index is -0.619. The van der Waals surface area contributed by atoms with Crippen LogP contribution in [0.5, 0.6) is 0 Å². The smallest absolute Gasteiger partial charge is 0.255 e. The van der Waals surface area contributed by atoms with Crippen molar-refractivity contribution in [1.82, 2.24) is 15.1 Å². The van der Waals surface area contributed by atoms with Crippen LogP contribution in [0.1, 0.15) is 69.3 Å². The first kappa shape index (κ1) is 31.8. The summed E-state index contributed by atoms with van der Waals surface area (Å²) < 4.78 is 1.16. The van der Waals surface area contributed by atoms with Gasteiger partial charge in [-0.05, 0) is 36.1 Å². The third-order valence-corrected chi connectivity index (χ3v) is 7.94. The Kier molecular flexibility index (Phi) is 12.7. The highest BCUT2D eigenvalue weighted by atomic mass is 16.2. The van der Waals surface area contributed by atoms with Crippen LogP contribution in [0.4, 0.5) is 5.69 Å². The molecule has 0 aliphatic carbocycles. The molecule has 1 aromatic carbocycles. The lowest BCUT2D eigenvalue weighted by atomic mass is 9.95. The Bertz CT molecular complexity index is 901. The Morgan fingerprint density at radius 2 is 1.71 bits per heavy atom. The number of benzene rings is 1. The number of nitrogens with one attached hydrogen (secondary N) is 1. The Balaban J connectivity index is 0.00000121. The molecule has 1 N–H and O–H groups in total. The maximum Gasteiger partial charge on any atom is 0.255 e. The van der Waals surface area contributed by atoms with E-state index >= 15 is 0 Å². The minimum absolute atomic E-state index is 0.125. The van der Waals surface area contributed by atoms with Crippen molar-refractivity contribution < 1.29 is 18.9 Å². The SMILES string of the molecule is CC.CC.CNC(=O)C(CCC=O)N1Cc2cc(N3CCN(CC4CC[N+](C)(C)CC4)CC3)ccc2C1=O. The Morgan fingerprint density at radius 3 is 2.29 bits per heavy atom. The molecular weight excluding hydrogens is 478 g/mol. The molecule has 3 aliphatic rings. The molecule has 0 aromatic heterocycles. The summed E-state index contributed by atoms with van der Waals surface area (Å²) in [5.41, 5.74) is 2.78. The number of hydrogen-bond donors (Lipinski definition) is 1. The van der Waals surface area contributed by atoms with E-state index in [-0.39, 0.29) is 18.2 Å². The summed E-state index contributed by atoms with van der Waals surface area (Å²) in [6.07, 6.45) is 4.05. The number of piperazine rings is 1. The second kappa shape index (κ2) is 15.2. The largest absolute Gasteiger partial charge is 0.369 e. The summed E-state index contributed by atoms with van der Waals surface area (Å²) in [7, 11) is 6.24. The monoisotopic (exact) mass is 530 g/mol. The fourth-order valence-corrected chi connectivity index (χ4v) is 5.66. The van der Waals surface area contributed by atoms with E-state index in [1.165, 1.54) is 32.5 Å². The number of quaternary nitrogens is 1. The van der Waals surface area contributed by atoms with Crippen molar-refractivity contribution in [1.29, 1.82) is 0 Å². The average Bonchev–Trinajstić information content (AvgIpc) is 3.27. The second-order valence-corrected chi connectivity index (χ2v) is 10.8. The molecule has 8 heteroatoms. The van der Waals surface area contributed by atoms with Crippen molar-refractivity contribution in [3.63, 3.8) is 0 Å². The summed E-state index contributed by atoms with van der Waals surface area (Å²) in [5, 5.41) is 2.64. The predicted octanol–water partition coefficient (Wildman–Crippen LogP) is 3.40. The van der Waals surface area contributed by atoms with Crippen LogP contribution in [0.15, 0.2) is 18.2 Å². The van der Waals surface area contributed by atoms with Crippen LogP contribution in [-0.4, -0.2) is 105 Å². The Labute approximate surface area is 230 Å². The molecule has 1 aromatic rings. The van der Waals surface area contributed by atoms with Gasteiger partial charge in [0.05, 0.1) is 27.2 Å². The van der Waals surface area contributed by atoms with Gasteiger partial charge in [-0.1, -0.05) is 27.7 Å². The number of piperidine rings is 1. The number of likely N-dealkylation sites (N-methyl/N-ethyl adjacent to an activating group) is 1. The topological polar surface area (TPSA) is 73.0 Å². The predicted molar refractivity (Wildman–Crippen MR) is 155 cm³/mol. The van der Waals surface area contributed by atoms with Crippen LogP contribution in [-0.2, 0) is 16.1 Å². The van der Waals surface area contributed by atoms with Crippen molar-refractivity contribution in [2.45, 2.75) is 66.0 Å². The maximum atomic E-state index is 13.0. The zero-order valence-corrected chi connectivity index (χ0v) is 25.0. The summed E-state index contributed by atoms with van der Waals surface area (Å²) in [4.78, 5) is 42.9. The normalized spacial score (nSPS) is 19.9. The zero-order chi connectivity index (χ0) is 28.3. The van der Waals surface area contributed by atoms with Crippen LogP contribution in [0, 0.1) is 5.92 Å². The molecule has 38 heavy (non-hydrogen) atoms. The fourth-order valence-electron chi connectivity index (χ4n) is 5.66. The number of aldehydes is 1. The summed E-state index contributed by atoms with van der Waals surface area (Å²) in [5.74, 6) is 0.474. The van der Waals surface area contributed by atoms with Gasteiger partial charge in [-0.3, -0.25) is 14.5 Å². The van der Waals surface area contributed by atoms with Crippen LogP contribution in [0.3, 0.4) is 0 Å². The lowest BCUT2D eigenvalue weighted by molar-refractivity contribution is -0.896. The van der Waals surface area contributed by atoms with E-state index in [2.05, 4.69) is 35.3 Å². The van der Waals surface area contributed by atoms with E-state index in [4.69, 9.17) is 0 Å². The number of amides is 2. The molecule has 0 bridgehead atoms. The van der Waals surface area contributed by atoms with Crippen LogP contribution in [0.25, 0.3) is 0 Å². The van der Waals surface area contributed by atoms with Crippen LogP contribution < -0.4 is 10.2 Å². The first-order chi connectivity index (χ1) is 18.3. The van der Waals surface area contributed by atoms with Gasteiger partial charge in [0, 0.05) is 76.8 Å². The highest BCUT2D eigenvalue weighted by Crippen LogP contribution is 2.30. The molecular formula is C30H52N5O3+. The molecule has 1 atom stereocenters. The molecule has 8 nitrogen and oxygen atoms in total. The highest BCUT2D eigenvalue weighted by molar-refractivity contribution is 6.01. The molecule has 0 radical (unpaired) electrons. The van der Waals surface area contributed by atoms with Gasteiger partial charge in [-0.2, -0.15) is 0 Å². The lowest BCUT2D eigenvalue weighted by Crippen LogP contribution is -2.51. The van der Waals surface area contributed by atoms with Crippen molar-refractivity contribution in [2.24, 2.45) is 5.92 Å². The van der Waals surface area contributed by atoms with Gasteiger partial charge >= 0.3 is 0 Å². The fraction of sp³-hybridized carbons (Fsp3) is 0.700. The maximum absolute atomic E-state index is 13.0. The van der Waals surface area contributed by atoms with Crippen molar-refractivity contribution in [3.8, 4) is 0 Å². The summed E-state index contributed by atoms with van der Waals surface area (Å²) in [6.45, 7) is 16.3. The van der Waals surface area contributed by atoms with E-state index in [0.717, 1.165) is 54.1 Å². The van der Waals surface area contributed by atoms with Gasteiger partial charge in [0.1, 0.15) is 12.3 Å². The van der Waals surface area contributed by atoms with Gasteiger partial charge in [-0.25, -0.2) is 0 Å². The van der Waals surface area contributed by atoms with E-state index in [1.54, 1.807) is 11.9 Å². The minimum Gasteiger partial charge on any atom is -0.369 e. The number of anilines is 1. The average molecular weight is 531 g/mol. The first-order valence-electron chi connectivity index (χ1n) is 14.7. The standard InChI is InChI=1S/C26H39N5O3.2C2H6/c1-27-25(33)24(5-4-16-32)30-19-21-17-22(6-7-23(21)26(30)34)29-12-10-28(11-13-29)18-20-8-14-31(2,3)15-9-20;2*1-2/h6-7,16-17,20,24H,4-5,8-15,18-19H2,1-3H3;2*1-2H3/p+1. The van der Waals surface area contributed by atoms with Crippen LogP contribution in [0.2, 0.25) is 0 Å². The molecule has 0 spiro atoms. The van der Waals surface area contributed by atoms with Crippen molar-refractivity contribution >= 4 is 23.8 Å². The Morgan fingerprint density at radius 1 is 1.08 bits per heavy atom. The third-order valence-electron chi connectivity index (χ3n) is 7.94. The van der Waals surface area contributed by atoms with Crippen molar-refractivity contribution in [2.75, 3.05) is 71.9 Å². The van der Waals surface area contributed by atoms with Gasteiger partial charge in [0.15, 0.2) is 0 Å². The van der Waals surface area contributed by atoms with E-state index in [0.29, 0.717) is 18.5 Å². The van der Waals surface area contributed by atoms with E-state index in [1.807, 2.05) is 39.8 Å². The summed E-state index contributed by atoms with van der Waals surface area (Å²) >= 11 is 0. The van der Waals surface area contributed by atoms with Gasteiger partial charge in [-0.15, -0.1) is 0 Å². The molecule has 1 unspecified atom stereocenters. The number of fused-ring (bicyclic) bond motifs is 1. The molecule has 2 fully saturated rings. The molecule has 4 rings (SSSR count).